The Morgan fingerprint density at radius 2 is 2.16 bits per heavy atom. The van der Waals surface area contributed by atoms with Crippen LogP contribution >= 0.6 is 0 Å². The number of hydrogen-bond acceptors (Lipinski definition) is 4. The minimum absolute atomic E-state index is 0.184. The molecule has 0 saturated carbocycles. The van der Waals surface area contributed by atoms with Gasteiger partial charge in [-0.3, -0.25) is 4.79 Å². The van der Waals surface area contributed by atoms with E-state index < -0.39 is 12.2 Å². The predicted octanol–water partition coefficient (Wildman–Crippen LogP) is 1.16. The summed E-state index contributed by atoms with van der Waals surface area (Å²) in [6.07, 6.45) is 2.77. The normalized spacial score (nSPS) is 18.9. The molecule has 106 valence electrons. The first kappa shape index (κ1) is 14.0. The topological polar surface area (TPSA) is 75.0 Å². The number of H-pyrrole nitrogens is 1. The SMILES string of the molecule is CC(C)c1cnc(N2CCC(N)(CF)CC2)c(=O)[nH]1. The largest absolute Gasteiger partial charge is 0.352 e. The fourth-order valence-electron chi connectivity index (χ4n) is 2.22. The number of anilines is 1. The van der Waals surface area contributed by atoms with E-state index in [4.69, 9.17) is 5.73 Å². The van der Waals surface area contributed by atoms with E-state index in [2.05, 4.69) is 9.97 Å². The molecule has 0 amide bonds. The summed E-state index contributed by atoms with van der Waals surface area (Å²) >= 11 is 0. The molecule has 2 rings (SSSR count). The molecule has 1 aromatic rings. The summed E-state index contributed by atoms with van der Waals surface area (Å²) in [5.74, 6) is 0.643. The van der Waals surface area contributed by atoms with Gasteiger partial charge in [0.15, 0.2) is 5.82 Å². The molecule has 1 aromatic heterocycles. The molecule has 0 aliphatic carbocycles. The smallest absolute Gasteiger partial charge is 0.291 e. The van der Waals surface area contributed by atoms with Crippen molar-refractivity contribution in [3.8, 4) is 0 Å². The van der Waals surface area contributed by atoms with Crippen molar-refractivity contribution in [2.45, 2.75) is 38.1 Å². The van der Waals surface area contributed by atoms with Crippen LogP contribution < -0.4 is 16.2 Å². The molecule has 0 spiro atoms. The van der Waals surface area contributed by atoms with Gasteiger partial charge < -0.3 is 15.6 Å². The maximum absolute atomic E-state index is 12.8. The molecular weight excluding hydrogens is 247 g/mol. The Hall–Kier alpha value is -1.43. The Kier molecular flexibility index (Phi) is 3.89. The summed E-state index contributed by atoms with van der Waals surface area (Å²) in [5, 5.41) is 0. The summed E-state index contributed by atoms with van der Waals surface area (Å²) in [5.41, 5.74) is 5.80. The van der Waals surface area contributed by atoms with Crippen LogP contribution in [0.1, 0.15) is 38.3 Å². The zero-order chi connectivity index (χ0) is 14.0. The summed E-state index contributed by atoms with van der Waals surface area (Å²) < 4.78 is 12.8. The Bertz CT molecular complexity index is 492. The van der Waals surface area contributed by atoms with Crippen molar-refractivity contribution in [3.05, 3.63) is 22.2 Å². The van der Waals surface area contributed by atoms with E-state index in [1.165, 1.54) is 0 Å². The zero-order valence-electron chi connectivity index (χ0n) is 11.4. The van der Waals surface area contributed by atoms with Crippen LogP contribution in [0.3, 0.4) is 0 Å². The van der Waals surface area contributed by atoms with E-state index in [9.17, 15) is 9.18 Å². The average molecular weight is 268 g/mol. The number of hydrogen-bond donors (Lipinski definition) is 2. The minimum atomic E-state index is -0.735. The molecule has 0 atom stereocenters. The van der Waals surface area contributed by atoms with Crippen molar-refractivity contribution in [1.82, 2.24) is 9.97 Å². The molecule has 0 aromatic carbocycles. The maximum atomic E-state index is 12.8. The third-order valence-electron chi connectivity index (χ3n) is 3.73. The van der Waals surface area contributed by atoms with Gasteiger partial charge in [0, 0.05) is 30.5 Å². The molecule has 0 bridgehead atoms. The Morgan fingerprint density at radius 1 is 1.53 bits per heavy atom. The molecule has 1 saturated heterocycles. The number of alkyl halides is 1. The molecule has 1 aliphatic rings. The number of halogens is 1. The monoisotopic (exact) mass is 268 g/mol. The highest BCUT2D eigenvalue weighted by Crippen LogP contribution is 2.22. The van der Waals surface area contributed by atoms with Gasteiger partial charge in [-0.05, 0) is 18.8 Å². The molecular formula is C13H21FN4O. The number of nitrogens with zero attached hydrogens (tertiary/aromatic N) is 2. The zero-order valence-corrected chi connectivity index (χ0v) is 11.4. The predicted molar refractivity (Wildman–Crippen MR) is 73.3 cm³/mol. The summed E-state index contributed by atoms with van der Waals surface area (Å²) in [4.78, 5) is 21.0. The number of nitrogens with two attached hydrogens (primary N) is 1. The van der Waals surface area contributed by atoms with E-state index >= 15 is 0 Å². The van der Waals surface area contributed by atoms with Crippen LogP contribution in [0.25, 0.3) is 0 Å². The van der Waals surface area contributed by atoms with Crippen molar-refractivity contribution in [1.29, 1.82) is 0 Å². The Balaban J connectivity index is 2.14. The van der Waals surface area contributed by atoms with Gasteiger partial charge in [0.1, 0.15) is 6.67 Å². The average Bonchev–Trinajstić information content (AvgIpc) is 2.40. The van der Waals surface area contributed by atoms with Crippen LogP contribution in [0.15, 0.2) is 11.0 Å². The van der Waals surface area contributed by atoms with Crippen molar-refractivity contribution in [2.75, 3.05) is 24.7 Å². The number of aromatic nitrogens is 2. The van der Waals surface area contributed by atoms with Crippen molar-refractivity contribution < 1.29 is 4.39 Å². The van der Waals surface area contributed by atoms with Gasteiger partial charge in [0.05, 0.1) is 0 Å². The third kappa shape index (κ3) is 2.94. The quantitative estimate of drug-likeness (QED) is 0.862. The molecule has 3 N–H and O–H groups in total. The Morgan fingerprint density at radius 3 is 2.63 bits per heavy atom. The fourth-order valence-corrected chi connectivity index (χ4v) is 2.22. The van der Waals surface area contributed by atoms with Crippen molar-refractivity contribution >= 4 is 5.82 Å². The van der Waals surface area contributed by atoms with Crippen LogP contribution in [0, 0.1) is 0 Å². The molecule has 0 unspecified atom stereocenters. The fraction of sp³-hybridized carbons (Fsp3) is 0.692. The highest BCUT2D eigenvalue weighted by Gasteiger charge is 2.31. The minimum Gasteiger partial charge on any atom is -0.352 e. The lowest BCUT2D eigenvalue weighted by molar-refractivity contribution is 0.254. The van der Waals surface area contributed by atoms with Crippen LogP contribution in [0.4, 0.5) is 10.2 Å². The van der Waals surface area contributed by atoms with E-state index in [0.29, 0.717) is 31.7 Å². The lowest BCUT2D eigenvalue weighted by Crippen LogP contribution is -2.53. The molecule has 19 heavy (non-hydrogen) atoms. The molecule has 0 radical (unpaired) electrons. The molecule has 2 heterocycles. The standard InChI is InChI=1S/C13H21FN4O/c1-9(2)10-7-16-11(12(19)17-10)18-5-3-13(15,8-14)4-6-18/h7,9H,3-6,8,15H2,1-2H3,(H,17,19). The summed E-state index contributed by atoms with van der Waals surface area (Å²) in [6.45, 7) is 4.61. The van der Waals surface area contributed by atoms with E-state index in [1.807, 2.05) is 18.7 Å². The van der Waals surface area contributed by atoms with Gasteiger partial charge >= 0.3 is 0 Å². The van der Waals surface area contributed by atoms with E-state index in [0.717, 1.165) is 5.69 Å². The number of aromatic amines is 1. The first-order chi connectivity index (χ1) is 8.95. The molecule has 1 fully saturated rings. The second kappa shape index (κ2) is 5.28. The van der Waals surface area contributed by atoms with Gasteiger partial charge in [0.25, 0.3) is 5.56 Å². The first-order valence-electron chi connectivity index (χ1n) is 6.64. The highest BCUT2D eigenvalue weighted by molar-refractivity contribution is 5.37. The van der Waals surface area contributed by atoms with Gasteiger partial charge in [0.2, 0.25) is 0 Å². The summed E-state index contributed by atoms with van der Waals surface area (Å²) in [7, 11) is 0. The van der Waals surface area contributed by atoms with Gasteiger partial charge in [-0.25, -0.2) is 9.37 Å². The van der Waals surface area contributed by atoms with Gasteiger partial charge in [-0.1, -0.05) is 13.8 Å². The van der Waals surface area contributed by atoms with Gasteiger partial charge in [-0.15, -0.1) is 0 Å². The first-order valence-corrected chi connectivity index (χ1v) is 6.64. The maximum Gasteiger partial charge on any atom is 0.291 e. The van der Waals surface area contributed by atoms with Crippen molar-refractivity contribution in [2.24, 2.45) is 5.73 Å². The second-order valence-electron chi connectivity index (χ2n) is 5.63. The third-order valence-corrected chi connectivity index (χ3v) is 3.73. The lowest BCUT2D eigenvalue weighted by atomic mass is 9.90. The lowest BCUT2D eigenvalue weighted by Gasteiger charge is -2.37. The van der Waals surface area contributed by atoms with Gasteiger partial charge in [-0.2, -0.15) is 0 Å². The number of nitrogens with one attached hydrogen (secondary N) is 1. The van der Waals surface area contributed by atoms with Crippen molar-refractivity contribution in [3.63, 3.8) is 0 Å². The second-order valence-corrected chi connectivity index (χ2v) is 5.63. The number of piperidine rings is 1. The van der Waals surface area contributed by atoms with Crippen LogP contribution in [0.5, 0.6) is 0 Å². The van der Waals surface area contributed by atoms with E-state index in [-0.39, 0.29) is 11.5 Å². The van der Waals surface area contributed by atoms with Crippen LogP contribution in [0.2, 0.25) is 0 Å². The molecule has 1 aliphatic heterocycles. The van der Waals surface area contributed by atoms with Crippen LogP contribution in [-0.4, -0.2) is 35.3 Å². The summed E-state index contributed by atoms with van der Waals surface area (Å²) in [6, 6.07) is 0. The van der Waals surface area contributed by atoms with Crippen LogP contribution in [-0.2, 0) is 0 Å². The molecule has 5 nitrogen and oxygen atoms in total. The molecule has 6 heteroatoms. The number of rotatable bonds is 3. The van der Waals surface area contributed by atoms with E-state index in [1.54, 1.807) is 6.20 Å². The highest BCUT2D eigenvalue weighted by atomic mass is 19.1. The Labute approximate surface area is 112 Å².